The van der Waals surface area contributed by atoms with Gasteiger partial charge in [-0.1, -0.05) is 18.8 Å². The molecule has 0 aromatic heterocycles. The summed E-state index contributed by atoms with van der Waals surface area (Å²) in [5, 5.41) is 0. The quantitative estimate of drug-likeness (QED) is 0.603. The van der Waals surface area contributed by atoms with E-state index in [0.717, 1.165) is 13.0 Å². The summed E-state index contributed by atoms with van der Waals surface area (Å²) in [6.45, 7) is 6.26. The summed E-state index contributed by atoms with van der Waals surface area (Å²) in [6.07, 6.45) is 1.10. The van der Waals surface area contributed by atoms with E-state index < -0.39 is 0 Å². The summed E-state index contributed by atoms with van der Waals surface area (Å²) in [6, 6.07) is 0. The molecule has 0 aliphatic heterocycles. The fraction of sp³-hybridized carbons (Fsp3) is 0.143. The van der Waals surface area contributed by atoms with Gasteiger partial charge in [-0.05, 0) is 122 Å². The largest absolute Gasteiger partial charge is 0.330 e. The van der Waals surface area contributed by atoms with Crippen LogP contribution in [0.5, 0.6) is 0 Å². The van der Waals surface area contributed by atoms with Crippen LogP contribution in [0.15, 0.2) is 0 Å². The lowest BCUT2D eigenvalue weighted by molar-refractivity contribution is 0.932. The number of hydrogen-bond donors (Lipinski definition) is 1. The molecule has 0 atom stereocenters. The molecule has 0 aliphatic carbocycles. The zero-order valence-electron chi connectivity index (χ0n) is 20.0. The molecule has 0 heterocycles. The minimum atomic E-state index is 0.819. The molecule has 0 unspecified atom stereocenters. The molecule has 0 saturated heterocycles. The molecule has 0 spiro atoms. The lowest BCUT2D eigenvalue weighted by atomic mass is 10.4. The van der Waals surface area contributed by atoms with Crippen molar-refractivity contribution in [3.63, 3.8) is 0 Å². The molecule has 1 nitrogen and oxygen atoms in total. The van der Waals surface area contributed by atoms with Gasteiger partial charge in [0.2, 0.25) is 0 Å². The topological polar surface area (TPSA) is 26.0 Å². The highest BCUT2D eigenvalue weighted by Crippen LogP contribution is 1.60. The van der Waals surface area contributed by atoms with Crippen LogP contribution < -0.4 is 5.73 Å². The van der Waals surface area contributed by atoms with Gasteiger partial charge in [-0.2, -0.15) is 0 Å². The zero-order chi connectivity index (χ0) is 26.6. The average molecular weight is 450 g/mol. The van der Waals surface area contributed by atoms with E-state index in [1.165, 1.54) is 0 Å². The van der Waals surface area contributed by atoms with Crippen molar-refractivity contribution < 1.29 is 0 Å². The van der Waals surface area contributed by atoms with Crippen molar-refractivity contribution in [3.8, 4) is 178 Å². The Labute approximate surface area is 216 Å². The second kappa shape index (κ2) is 33.0. The van der Waals surface area contributed by atoms with Crippen LogP contribution in [0.1, 0.15) is 27.2 Å². The zero-order valence-corrected chi connectivity index (χ0v) is 20.0. The van der Waals surface area contributed by atoms with Crippen LogP contribution in [0.2, 0.25) is 0 Å². The molecule has 0 aromatic rings. The fourth-order valence-electron chi connectivity index (χ4n) is 0.938. The van der Waals surface area contributed by atoms with Crippen LogP contribution in [0.25, 0.3) is 0 Å². The first-order valence-electron chi connectivity index (χ1n) is 9.87. The van der Waals surface area contributed by atoms with Gasteiger partial charge in [0.05, 0.1) is 0 Å². The molecule has 0 aromatic carbocycles. The van der Waals surface area contributed by atoms with Crippen molar-refractivity contribution >= 4 is 0 Å². The third-order valence-corrected chi connectivity index (χ3v) is 2.23. The van der Waals surface area contributed by atoms with Crippen molar-refractivity contribution in [1.29, 1.82) is 0 Å². The van der Waals surface area contributed by atoms with Gasteiger partial charge >= 0.3 is 0 Å². The van der Waals surface area contributed by atoms with E-state index >= 15 is 0 Å². The molecule has 0 radical (unpaired) electrons. The van der Waals surface area contributed by atoms with Gasteiger partial charge < -0.3 is 5.73 Å². The first kappa shape index (κ1) is 31.5. The third-order valence-electron chi connectivity index (χ3n) is 2.23. The summed E-state index contributed by atoms with van der Waals surface area (Å²) in [5.41, 5.74) is 5.03. The molecular formula is C35H15N. The Bertz CT molecular complexity index is 1600. The average Bonchev–Trinajstić information content (AvgIpc) is 2.90. The second-order valence-electron chi connectivity index (χ2n) is 4.79. The molecule has 1 heteroatoms. The Kier molecular flexibility index (Phi) is 28.9. The smallest absolute Gasteiger partial charge is 0 e. The van der Waals surface area contributed by atoms with Crippen molar-refractivity contribution in [1.82, 2.24) is 0 Å². The maximum atomic E-state index is 5.03. The van der Waals surface area contributed by atoms with Gasteiger partial charge in [-0.25, -0.2) is 0 Å². The summed E-state index contributed by atoms with van der Waals surface area (Å²) in [4.78, 5) is 0. The fourth-order valence-corrected chi connectivity index (χ4v) is 0.938. The van der Waals surface area contributed by atoms with Crippen LogP contribution in [-0.2, 0) is 0 Å². The van der Waals surface area contributed by atoms with E-state index in [-0.39, 0.29) is 0 Å². The highest BCUT2D eigenvalue weighted by molar-refractivity contribution is 5.48. The van der Waals surface area contributed by atoms with Gasteiger partial charge in [0.1, 0.15) is 0 Å². The van der Waals surface area contributed by atoms with E-state index in [0.29, 0.717) is 0 Å². The maximum absolute atomic E-state index is 5.03. The number of rotatable bonds is 1. The van der Waals surface area contributed by atoms with Crippen molar-refractivity contribution in [2.24, 2.45) is 5.73 Å². The number of hydrogen-bond acceptors (Lipinski definition) is 1. The van der Waals surface area contributed by atoms with Crippen LogP contribution in [0, 0.1) is 178 Å². The van der Waals surface area contributed by atoms with Crippen LogP contribution in [0.4, 0.5) is 0 Å². The van der Waals surface area contributed by atoms with E-state index in [1.807, 2.05) is 0 Å². The Balaban J connectivity index is 0. The summed E-state index contributed by atoms with van der Waals surface area (Å²) < 4.78 is 0. The highest BCUT2D eigenvalue weighted by Gasteiger charge is 1.60. The van der Waals surface area contributed by atoms with Gasteiger partial charge in [0, 0.05) is 71.0 Å². The van der Waals surface area contributed by atoms with Gasteiger partial charge in [0.25, 0.3) is 0 Å². The summed E-state index contributed by atoms with van der Waals surface area (Å²) >= 11 is 0. The van der Waals surface area contributed by atoms with Crippen LogP contribution in [0.3, 0.4) is 0 Å². The van der Waals surface area contributed by atoms with Gasteiger partial charge in [-0.3, -0.25) is 0 Å². The molecule has 0 bridgehead atoms. The predicted molar refractivity (Wildman–Crippen MR) is 147 cm³/mol. The molecule has 0 saturated carbocycles. The molecule has 0 fully saturated rings. The Morgan fingerprint density at radius 3 is 0.500 bits per heavy atom. The predicted octanol–water partition coefficient (Wildman–Crippen LogP) is 1.43. The van der Waals surface area contributed by atoms with Crippen molar-refractivity contribution in [2.75, 3.05) is 6.54 Å². The number of nitrogens with two attached hydrogens (primary N) is 1. The Morgan fingerprint density at radius 1 is 0.306 bits per heavy atom. The molecular weight excluding hydrogens is 434 g/mol. The minimum absolute atomic E-state index is 0.819. The van der Waals surface area contributed by atoms with Crippen LogP contribution in [-0.4, -0.2) is 6.54 Å². The summed E-state index contributed by atoms with van der Waals surface area (Å²) in [7, 11) is 0. The normalized spacial score (nSPS) is 4.33. The Morgan fingerprint density at radius 2 is 0.417 bits per heavy atom. The molecule has 0 aliphatic rings. The highest BCUT2D eigenvalue weighted by atomic mass is 14.5. The van der Waals surface area contributed by atoms with Gasteiger partial charge in [-0.15, -0.1) is 0 Å². The van der Waals surface area contributed by atoms with Gasteiger partial charge in [0.15, 0.2) is 0 Å². The monoisotopic (exact) mass is 449 g/mol. The summed E-state index contributed by atoms with van der Waals surface area (Å²) in [5.74, 6) is 75.6. The first-order valence-corrected chi connectivity index (χ1v) is 9.87. The molecule has 0 amide bonds. The molecule has 0 rings (SSSR count). The Hall–Kier alpha value is -6.64. The van der Waals surface area contributed by atoms with Crippen molar-refractivity contribution in [3.05, 3.63) is 0 Å². The van der Waals surface area contributed by atoms with Crippen LogP contribution >= 0.6 is 0 Å². The van der Waals surface area contributed by atoms with E-state index in [2.05, 4.69) is 185 Å². The standard InChI is InChI=1S/C32H6.C3H9N/c1-3-5-7-9-11-13-15-17-19-21-23-25-27-29-31-32-30-28-26-24-22-20-18-16-14-12-10-8-6-4-2;1-2-3-4/h1-2H3;2-4H2,1H3. The van der Waals surface area contributed by atoms with E-state index in [1.54, 1.807) is 13.8 Å². The third kappa shape index (κ3) is 34.8. The van der Waals surface area contributed by atoms with Crippen molar-refractivity contribution in [2.45, 2.75) is 27.2 Å². The second-order valence-corrected chi connectivity index (χ2v) is 4.79. The van der Waals surface area contributed by atoms with E-state index in [4.69, 9.17) is 5.73 Å². The molecule has 36 heavy (non-hydrogen) atoms. The SMILES string of the molecule is CC#CC#CC#CC#CC#CC#CC#CC#CC#CC#CC#CC#CC#CC#CC#CC.CCCN. The first-order chi connectivity index (χ1) is 17.8. The lowest BCUT2D eigenvalue weighted by Gasteiger charge is -1.70. The lowest BCUT2D eigenvalue weighted by Crippen LogP contribution is -1.93. The molecule has 2 N–H and O–H groups in total. The molecule has 160 valence electrons. The van der Waals surface area contributed by atoms with E-state index in [9.17, 15) is 0 Å². The maximum Gasteiger partial charge on any atom is 0 e. The minimum Gasteiger partial charge on any atom is -0.330 e.